The predicted molar refractivity (Wildman–Crippen MR) is 296 cm³/mol. The van der Waals surface area contributed by atoms with Crippen molar-refractivity contribution in [3.63, 3.8) is 0 Å². The Hall–Kier alpha value is -9.04. The van der Waals surface area contributed by atoms with Crippen LogP contribution in [0.1, 0.15) is 0 Å². The highest BCUT2D eigenvalue weighted by Crippen LogP contribution is 2.48. The molecular formula is C68H45N. The summed E-state index contributed by atoms with van der Waals surface area (Å²) in [5.74, 6) is 0. The first kappa shape index (κ1) is 40.3. The molecule has 0 radical (unpaired) electrons. The Morgan fingerprint density at radius 3 is 1.48 bits per heavy atom. The second-order valence-electron chi connectivity index (χ2n) is 18.0. The molecule has 0 saturated carbocycles. The Balaban J connectivity index is 1.00. The summed E-state index contributed by atoms with van der Waals surface area (Å²) in [5.41, 5.74) is 15.2. The van der Waals surface area contributed by atoms with Crippen LogP contribution in [-0.2, 0) is 0 Å². The van der Waals surface area contributed by atoms with Crippen molar-refractivity contribution in [3.8, 4) is 55.6 Å². The minimum absolute atomic E-state index is 1.08. The molecule has 0 amide bonds. The molecule has 69 heavy (non-hydrogen) atoms. The van der Waals surface area contributed by atoms with E-state index >= 15 is 0 Å². The fourth-order valence-electron chi connectivity index (χ4n) is 10.8. The molecule has 1 nitrogen and oxygen atoms in total. The van der Waals surface area contributed by atoms with Crippen LogP contribution in [0.4, 0.5) is 17.1 Å². The van der Waals surface area contributed by atoms with Crippen molar-refractivity contribution in [2.45, 2.75) is 0 Å². The van der Waals surface area contributed by atoms with E-state index in [1.165, 1.54) is 98.4 Å². The van der Waals surface area contributed by atoms with Gasteiger partial charge in [0.1, 0.15) is 0 Å². The van der Waals surface area contributed by atoms with Gasteiger partial charge in [-0.25, -0.2) is 0 Å². The van der Waals surface area contributed by atoms with Crippen LogP contribution >= 0.6 is 0 Å². The zero-order valence-electron chi connectivity index (χ0n) is 37.9. The third kappa shape index (κ3) is 7.12. The summed E-state index contributed by atoms with van der Waals surface area (Å²) in [5, 5.41) is 12.5. The van der Waals surface area contributed by atoms with Gasteiger partial charge in [0.2, 0.25) is 0 Å². The van der Waals surface area contributed by atoms with Gasteiger partial charge in [0.25, 0.3) is 0 Å². The summed E-state index contributed by atoms with van der Waals surface area (Å²) in [7, 11) is 0. The molecule has 13 aromatic carbocycles. The number of hydrogen-bond donors (Lipinski definition) is 0. The maximum absolute atomic E-state index is 2.44. The molecule has 0 aromatic heterocycles. The largest absolute Gasteiger partial charge is 0.310 e. The van der Waals surface area contributed by atoms with E-state index in [0.29, 0.717) is 0 Å². The van der Waals surface area contributed by atoms with Crippen LogP contribution in [0, 0.1) is 0 Å². The smallest absolute Gasteiger partial charge is 0.0540 e. The quantitative estimate of drug-likeness (QED) is 0.138. The van der Waals surface area contributed by atoms with Gasteiger partial charge in [0, 0.05) is 16.9 Å². The van der Waals surface area contributed by atoms with Gasteiger partial charge in [-0.05, 0) is 146 Å². The van der Waals surface area contributed by atoms with Gasteiger partial charge in [0.05, 0.1) is 5.69 Å². The zero-order valence-corrected chi connectivity index (χ0v) is 37.9. The lowest BCUT2D eigenvalue weighted by Crippen LogP contribution is -2.11. The van der Waals surface area contributed by atoms with Crippen LogP contribution in [0.3, 0.4) is 0 Å². The van der Waals surface area contributed by atoms with E-state index in [-0.39, 0.29) is 0 Å². The van der Waals surface area contributed by atoms with Gasteiger partial charge < -0.3 is 4.90 Å². The molecule has 1 heteroatoms. The van der Waals surface area contributed by atoms with Crippen LogP contribution in [-0.4, -0.2) is 0 Å². The first-order chi connectivity index (χ1) is 34.2. The summed E-state index contributed by atoms with van der Waals surface area (Å²) in [4.78, 5) is 2.44. The van der Waals surface area contributed by atoms with Gasteiger partial charge in [-0.15, -0.1) is 0 Å². The van der Waals surface area contributed by atoms with E-state index < -0.39 is 0 Å². The Morgan fingerprint density at radius 2 is 0.696 bits per heavy atom. The van der Waals surface area contributed by atoms with Gasteiger partial charge >= 0.3 is 0 Å². The minimum atomic E-state index is 1.08. The molecule has 13 aromatic rings. The first-order valence-corrected chi connectivity index (χ1v) is 23.8. The van der Waals surface area contributed by atoms with Crippen LogP contribution in [0.15, 0.2) is 273 Å². The Morgan fingerprint density at radius 1 is 0.203 bits per heavy atom. The lowest BCUT2D eigenvalue weighted by molar-refractivity contribution is 1.28. The highest BCUT2D eigenvalue weighted by Gasteiger charge is 2.22. The average molecular weight is 876 g/mol. The molecule has 322 valence electrons. The molecule has 0 spiro atoms. The maximum Gasteiger partial charge on any atom is 0.0540 e. The third-order valence-electron chi connectivity index (χ3n) is 14.0. The molecule has 0 unspecified atom stereocenters. The molecule has 0 N–H and O–H groups in total. The Kier molecular flexibility index (Phi) is 9.91. The summed E-state index contributed by atoms with van der Waals surface area (Å²) in [6.07, 6.45) is 0. The first-order valence-electron chi connectivity index (χ1n) is 23.8. The van der Waals surface area contributed by atoms with E-state index in [1.807, 2.05) is 0 Å². The average Bonchev–Trinajstić information content (AvgIpc) is 3.43. The highest BCUT2D eigenvalue weighted by atomic mass is 15.1. The van der Waals surface area contributed by atoms with Gasteiger partial charge in [-0.1, -0.05) is 231 Å². The SMILES string of the molecule is c1ccc(-c2c(-c3ccccc3)c3cc(-c4ccccc4N(c4ccc(-c5ccc6c(ccc7ccccc76)c5)cc4)c4cccc(-c5cccc6ccccc56)c4)ccc3c3ccccc23)cc1. The number of rotatable bonds is 8. The molecule has 0 bridgehead atoms. The molecule has 0 atom stereocenters. The maximum atomic E-state index is 2.44. The molecule has 13 rings (SSSR count). The zero-order chi connectivity index (χ0) is 45.7. The van der Waals surface area contributed by atoms with Crippen LogP contribution in [0.5, 0.6) is 0 Å². The molecule has 0 aliphatic heterocycles. The normalized spacial score (nSPS) is 11.5. The monoisotopic (exact) mass is 875 g/mol. The summed E-state index contributed by atoms with van der Waals surface area (Å²) in [6.45, 7) is 0. The van der Waals surface area contributed by atoms with Crippen molar-refractivity contribution in [2.75, 3.05) is 4.90 Å². The van der Waals surface area contributed by atoms with Crippen LogP contribution in [0.2, 0.25) is 0 Å². The van der Waals surface area contributed by atoms with Crippen molar-refractivity contribution in [1.82, 2.24) is 0 Å². The highest BCUT2D eigenvalue weighted by molar-refractivity contribution is 6.22. The molecule has 0 aliphatic carbocycles. The van der Waals surface area contributed by atoms with Crippen molar-refractivity contribution in [3.05, 3.63) is 273 Å². The van der Waals surface area contributed by atoms with Gasteiger partial charge in [-0.2, -0.15) is 0 Å². The van der Waals surface area contributed by atoms with Gasteiger partial charge in [-0.3, -0.25) is 0 Å². The number of hydrogen-bond acceptors (Lipinski definition) is 1. The second-order valence-corrected chi connectivity index (χ2v) is 18.0. The van der Waals surface area contributed by atoms with E-state index in [0.717, 1.165) is 28.2 Å². The van der Waals surface area contributed by atoms with Gasteiger partial charge in [0.15, 0.2) is 0 Å². The number of fused-ring (bicyclic) bond motifs is 7. The molecular weight excluding hydrogens is 831 g/mol. The van der Waals surface area contributed by atoms with Crippen molar-refractivity contribution < 1.29 is 0 Å². The number of para-hydroxylation sites is 1. The number of nitrogens with zero attached hydrogens (tertiary/aromatic N) is 1. The molecule has 0 heterocycles. The lowest BCUT2D eigenvalue weighted by Gasteiger charge is -2.29. The Bertz CT molecular complexity index is 4050. The third-order valence-corrected chi connectivity index (χ3v) is 14.0. The van der Waals surface area contributed by atoms with Crippen molar-refractivity contribution >= 4 is 70.9 Å². The lowest BCUT2D eigenvalue weighted by atomic mass is 9.84. The summed E-state index contributed by atoms with van der Waals surface area (Å²) < 4.78 is 0. The fourth-order valence-corrected chi connectivity index (χ4v) is 10.8. The van der Waals surface area contributed by atoms with E-state index in [4.69, 9.17) is 0 Å². The fraction of sp³-hybridized carbons (Fsp3) is 0. The number of benzene rings is 13. The minimum Gasteiger partial charge on any atom is -0.310 e. The Labute approximate surface area is 402 Å². The van der Waals surface area contributed by atoms with E-state index in [2.05, 4.69) is 278 Å². The van der Waals surface area contributed by atoms with Crippen LogP contribution < -0.4 is 4.90 Å². The standard InChI is InChI=1S/C68H45N/c1-3-19-49(20-4-1)67-64-30-12-11-29-62(64)63-42-38-54(45-65(63)68(67)50-21-5-2-6-22-50)61-28-13-14-32-66(61)69(56-25-15-24-52(44-56)59-31-16-23-47-17-7-9-26-57(47)59)55-39-35-46(36-40-55)51-37-41-60-53(43-51)34-33-48-18-8-10-27-58(48)60/h1-45H. The molecule has 0 saturated heterocycles. The second kappa shape index (κ2) is 17.0. The van der Waals surface area contributed by atoms with Crippen molar-refractivity contribution in [1.29, 1.82) is 0 Å². The molecule has 0 fully saturated rings. The predicted octanol–water partition coefficient (Wildman–Crippen LogP) is 19.3. The van der Waals surface area contributed by atoms with E-state index in [9.17, 15) is 0 Å². The topological polar surface area (TPSA) is 3.24 Å². The summed E-state index contributed by atoms with van der Waals surface area (Å²) in [6, 6.07) is 100. The van der Waals surface area contributed by atoms with E-state index in [1.54, 1.807) is 0 Å². The summed E-state index contributed by atoms with van der Waals surface area (Å²) >= 11 is 0. The molecule has 0 aliphatic rings. The number of anilines is 3. The van der Waals surface area contributed by atoms with Crippen LogP contribution in [0.25, 0.3) is 109 Å². The van der Waals surface area contributed by atoms with Crippen molar-refractivity contribution in [2.24, 2.45) is 0 Å².